The fourth-order valence-corrected chi connectivity index (χ4v) is 3.02. The third-order valence-corrected chi connectivity index (χ3v) is 4.24. The van der Waals surface area contributed by atoms with Crippen molar-refractivity contribution >= 4 is 28.3 Å². The van der Waals surface area contributed by atoms with E-state index in [2.05, 4.69) is 31.5 Å². The van der Waals surface area contributed by atoms with E-state index in [1.807, 2.05) is 49.5 Å². The highest BCUT2D eigenvalue weighted by molar-refractivity contribution is 6.34. The van der Waals surface area contributed by atoms with E-state index in [4.69, 9.17) is 11.6 Å². The maximum Gasteiger partial charge on any atom is 0.156 e. The van der Waals surface area contributed by atoms with E-state index in [1.165, 1.54) is 0 Å². The lowest BCUT2D eigenvalue weighted by molar-refractivity contribution is 1.02. The molecule has 0 aliphatic heterocycles. The van der Waals surface area contributed by atoms with E-state index in [9.17, 15) is 0 Å². The number of aryl methyl sites for hydroxylation is 1. The van der Waals surface area contributed by atoms with Crippen molar-refractivity contribution < 1.29 is 0 Å². The molecule has 120 valence electrons. The molecule has 2 heterocycles. The van der Waals surface area contributed by atoms with Gasteiger partial charge in [-0.1, -0.05) is 41.9 Å². The van der Waals surface area contributed by atoms with Crippen LogP contribution in [0.25, 0.3) is 22.0 Å². The highest BCUT2D eigenvalue weighted by Gasteiger charge is 2.11. The molecular weight excluding hydrogens is 322 g/mol. The second kappa shape index (κ2) is 6.02. The molecule has 0 amide bonds. The summed E-state index contributed by atoms with van der Waals surface area (Å²) in [4.78, 5) is 7.47. The number of rotatable bonds is 4. The van der Waals surface area contributed by atoms with Gasteiger partial charge in [-0.2, -0.15) is 5.10 Å². The summed E-state index contributed by atoms with van der Waals surface area (Å²) in [6.07, 6.45) is 1.89. The molecule has 0 fully saturated rings. The van der Waals surface area contributed by atoms with Crippen molar-refractivity contribution in [3.8, 4) is 11.1 Å². The zero-order chi connectivity index (χ0) is 16.5. The minimum atomic E-state index is 0.605. The lowest BCUT2D eigenvalue weighted by Crippen LogP contribution is -2.00. The van der Waals surface area contributed by atoms with Crippen LogP contribution >= 0.6 is 11.6 Å². The van der Waals surface area contributed by atoms with Crippen LogP contribution in [0.2, 0.25) is 5.02 Å². The van der Waals surface area contributed by atoms with Gasteiger partial charge in [-0.25, -0.2) is 4.98 Å². The van der Waals surface area contributed by atoms with Crippen LogP contribution in [0.15, 0.2) is 48.7 Å². The summed E-state index contributed by atoms with van der Waals surface area (Å²) in [5, 5.41) is 12.4. The zero-order valence-corrected chi connectivity index (χ0v) is 13.9. The van der Waals surface area contributed by atoms with Crippen molar-refractivity contribution in [1.29, 1.82) is 0 Å². The van der Waals surface area contributed by atoms with Crippen molar-refractivity contribution in [2.24, 2.45) is 0 Å². The molecule has 6 heteroatoms. The highest BCUT2D eigenvalue weighted by atomic mass is 35.5. The van der Waals surface area contributed by atoms with Gasteiger partial charge in [0.15, 0.2) is 5.82 Å². The maximum atomic E-state index is 6.44. The van der Waals surface area contributed by atoms with Crippen molar-refractivity contribution in [3.05, 3.63) is 65.2 Å². The molecule has 3 N–H and O–H groups in total. The van der Waals surface area contributed by atoms with Crippen LogP contribution in [-0.4, -0.2) is 20.2 Å². The Labute approximate surface area is 144 Å². The third kappa shape index (κ3) is 2.74. The molecule has 0 aliphatic rings. The number of halogens is 1. The normalized spacial score (nSPS) is 11.1. The molecule has 0 atom stereocenters. The smallest absolute Gasteiger partial charge is 0.156 e. The number of aromatic amines is 2. The average molecular weight is 338 g/mol. The van der Waals surface area contributed by atoms with E-state index in [1.54, 1.807) is 0 Å². The van der Waals surface area contributed by atoms with Gasteiger partial charge in [0, 0.05) is 17.1 Å². The van der Waals surface area contributed by atoms with E-state index in [0.29, 0.717) is 11.6 Å². The summed E-state index contributed by atoms with van der Waals surface area (Å²) < 4.78 is 0. The summed E-state index contributed by atoms with van der Waals surface area (Å²) in [6, 6.07) is 14.1. The van der Waals surface area contributed by atoms with Crippen LogP contribution in [-0.2, 0) is 6.54 Å². The van der Waals surface area contributed by atoms with Gasteiger partial charge >= 0.3 is 0 Å². The quantitative estimate of drug-likeness (QED) is 0.512. The number of fused-ring (bicyclic) bond motifs is 1. The summed E-state index contributed by atoms with van der Waals surface area (Å²) >= 11 is 6.44. The maximum absolute atomic E-state index is 6.44. The van der Waals surface area contributed by atoms with Gasteiger partial charge in [0.25, 0.3) is 0 Å². The molecule has 0 radical (unpaired) electrons. The number of aromatic nitrogens is 4. The van der Waals surface area contributed by atoms with E-state index in [0.717, 1.165) is 39.4 Å². The Morgan fingerprint density at radius 3 is 2.75 bits per heavy atom. The Hall–Kier alpha value is -2.79. The second-order valence-corrected chi connectivity index (χ2v) is 6.05. The zero-order valence-electron chi connectivity index (χ0n) is 13.1. The topological polar surface area (TPSA) is 69.4 Å². The van der Waals surface area contributed by atoms with Crippen LogP contribution < -0.4 is 5.32 Å². The molecule has 0 unspecified atom stereocenters. The predicted molar refractivity (Wildman–Crippen MR) is 97.2 cm³/mol. The van der Waals surface area contributed by atoms with E-state index in [-0.39, 0.29) is 0 Å². The first-order valence-electron chi connectivity index (χ1n) is 7.68. The first kappa shape index (κ1) is 14.8. The molecule has 0 spiro atoms. The molecule has 0 saturated heterocycles. The Kier molecular flexibility index (Phi) is 3.70. The number of nitrogens with zero attached hydrogens (tertiary/aromatic N) is 2. The number of imidazole rings is 1. The molecule has 2 aromatic carbocycles. The largest absolute Gasteiger partial charge is 0.362 e. The Morgan fingerprint density at radius 2 is 2.00 bits per heavy atom. The fourth-order valence-electron chi connectivity index (χ4n) is 2.74. The molecule has 2 aromatic heterocycles. The molecule has 4 aromatic rings. The van der Waals surface area contributed by atoms with Gasteiger partial charge in [-0.3, -0.25) is 5.10 Å². The van der Waals surface area contributed by atoms with Crippen LogP contribution in [0.1, 0.15) is 11.5 Å². The lowest BCUT2D eigenvalue weighted by Gasteiger charge is -2.06. The number of hydrogen-bond donors (Lipinski definition) is 3. The molecule has 0 saturated carbocycles. The Balaban J connectivity index is 1.69. The van der Waals surface area contributed by atoms with Gasteiger partial charge in [0.05, 0.1) is 22.8 Å². The second-order valence-electron chi connectivity index (χ2n) is 5.65. The Bertz CT molecular complexity index is 987. The van der Waals surface area contributed by atoms with Crippen molar-refractivity contribution in [3.63, 3.8) is 0 Å². The molecular formula is C18H16ClN5. The van der Waals surface area contributed by atoms with E-state index >= 15 is 0 Å². The number of anilines is 1. The van der Waals surface area contributed by atoms with Gasteiger partial charge in [-0.15, -0.1) is 0 Å². The SMILES string of the molecule is Cc1nc(CNc2n[nH]c3cc(Cl)c(-c4ccccc4)cc23)c[nH]1. The third-order valence-electron chi connectivity index (χ3n) is 3.93. The summed E-state index contributed by atoms with van der Waals surface area (Å²) in [7, 11) is 0. The average Bonchev–Trinajstić information content (AvgIpc) is 3.18. The summed E-state index contributed by atoms with van der Waals surface area (Å²) in [5.74, 6) is 1.69. The standard InChI is InChI=1S/C18H16ClN5/c1-11-20-9-13(22-11)10-21-18-15-7-14(12-5-3-2-4-6-12)16(19)8-17(15)23-24-18/h2-9H,10H2,1H3,(H,20,22)(H2,21,23,24). The predicted octanol–water partition coefficient (Wildman–Crippen LogP) is 4.53. The first-order valence-corrected chi connectivity index (χ1v) is 8.06. The number of nitrogens with one attached hydrogen (secondary N) is 3. The number of H-pyrrole nitrogens is 2. The molecule has 4 rings (SSSR count). The molecule has 24 heavy (non-hydrogen) atoms. The lowest BCUT2D eigenvalue weighted by atomic mass is 10.0. The Morgan fingerprint density at radius 1 is 1.17 bits per heavy atom. The molecule has 0 aliphatic carbocycles. The summed E-state index contributed by atoms with van der Waals surface area (Å²) in [6.45, 7) is 2.54. The number of benzene rings is 2. The van der Waals surface area contributed by atoms with E-state index < -0.39 is 0 Å². The van der Waals surface area contributed by atoms with Crippen molar-refractivity contribution in [1.82, 2.24) is 20.2 Å². The molecule has 5 nitrogen and oxygen atoms in total. The summed E-state index contributed by atoms with van der Waals surface area (Å²) in [5.41, 5.74) is 3.92. The highest BCUT2D eigenvalue weighted by Crippen LogP contribution is 2.34. The van der Waals surface area contributed by atoms with Crippen LogP contribution in [0.3, 0.4) is 0 Å². The fraction of sp³-hybridized carbons (Fsp3) is 0.111. The van der Waals surface area contributed by atoms with Gasteiger partial charge in [-0.05, 0) is 24.6 Å². The minimum Gasteiger partial charge on any atom is -0.362 e. The minimum absolute atomic E-state index is 0.605. The van der Waals surface area contributed by atoms with Crippen LogP contribution in [0.5, 0.6) is 0 Å². The van der Waals surface area contributed by atoms with Crippen molar-refractivity contribution in [2.75, 3.05) is 5.32 Å². The van der Waals surface area contributed by atoms with Crippen LogP contribution in [0.4, 0.5) is 5.82 Å². The van der Waals surface area contributed by atoms with Gasteiger partial charge < -0.3 is 10.3 Å². The molecule has 0 bridgehead atoms. The van der Waals surface area contributed by atoms with Crippen LogP contribution in [0, 0.1) is 6.92 Å². The first-order chi connectivity index (χ1) is 11.7. The van der Waals surface area contributed by atoms with Gasteiger partial charge in [0.1, 0.15) is 5.82 Å². The van der Waals surface area contributed by atoms with Gasteiger partial charge in [0.2, 0.25) is 0 Å². The van der Waals surface area contributed by atoms with Crippen molar-refractivity contribution in [2.45, 2.75) is 13.5 Å². The number of hydrogen-bond acceptors (Lipinski definition) is 3. The monoisotopic (exact) mass is 337 g/mol.